The standard InChI is InChI=1S/C46H28N4S/c1-6-22-38-33(17-1)34-18-2-7-23-39(34)49(38)31-15-11-13-29(27-31)43-45-44(37-21-5-10-26-42(37)51-45)48-46(47-43)30-14-12-16-32(28-30)50-40-24-8-3-19-35(40)36-20-4-9-25-41(36)50/h1-28H. The van der Waals surface area contributed by atoms with E-state index in [-0.39, 0.29) is 0 Å². The lowest BCUT2D eigenvalue weighted by Crippen LogP contribution is -1.98. The number of hydrogen-bond acceptors (Lipinski definition) is 3. The molecule has 0 saturated heterocycles. The van der Waals surface area contributed by atoms with Crippen molar-refractivity contribution in [2.24, 2.45) is 0 Å². The molecule has 51 heavy (non-hydrogen) atoms. The van der Waals surface area contributed by atoms with Gasteiger partial charge < -0.3 is 9.13 Å². The number of benzene rings is 7. The van der Waals surface area contributed by atoms with Crippen LogP contribution < -0.4 is 0 Å². The van der Waals surface area contributed by atoms with Crippen LogP contribution in [0, 0.1) is 0 Å². The zero-order chi connectivity index (χ0) is 33.5. The van der Waals surface area contributed by atoms with Gasteiger partial charge in [-0.05, 0) is 54.6 Å². The van der Waals surface area contributed by atoms with E-state index < -0.39 is 0 Å². The number of hydrogen-bond donors (Lipinski definition) is 0. The summed E-state index contributed by atoms with van der Waals surface area (Å²) in [7, 11) is 0. The maximum Gasteiger partial charge on any atom is 0.160 e. The van der Waals surface area contributed by atoms with Crippen molar-refractivity contribution in [1.82, 2.24) is 19.1 Å². The molecular formula is C46H28N4S. The van der Waals surface area contributed by atoms with Gasteiger partial charge >= 0.3 is 0 Å². The van der Waals surface area contributed by atoms with Crippen molar-refractivity contribution < 1.29 is 0 Å². The van der Waals surface area contributed by atoms with Gasteiger partial charge in [-0.15, -0.1) is 11.3 Å². The fourth-order valence-electron chi connectivity index (χ4n) is 7.89. The minimum absolute atomic E-state index is 0.714. The van der Waals surface area contributed by atoms with Crippen molar-refractivity contribution in [1.29, 1.82) is 0 Å². The van der Waals surface area contributed by atoms with Crippen molar-refractivity contribution in [3.63, 3.8) is 0 Å². The second-order valence-electron chi connectivity index (χ2n) is 13.0. The maximum absolute atomic E-state index is 5.41. The number of rotatable bonds is 4. The Morgan fingerprint density at radius 1 is 0.392 bits per heavy atom. The van der Waals surface area contributed by atoms with E-state index in [1.165, 1.54) is 48.3 Å². The first-order valence-corrected chi connectivity index (χ1v) is 18.0. The van der Waals surface area contributed by atoms with Crippen LogP contribution in [0.5, 0.6) is 0 Å². The van der Waals surface area contributed by atoms with Crippen molar-refractivity contribution in [2.45, 2.75) is 0 Å². The van der Waals surface area contributed by atoms with Crippen LogP contribution in [-0.2, 0) is 0 Å². The molecule has 238 valence electrons. The molecule has 7 aromatic carbocycles. The van der Waals surface area contributed by atoms with Crippen molar-refractivity contribution >= 4 is 75.3 Å². The first-order valence-electron chi connectivity index (χ1n) is 17.2. The van der Waals surface area contributed by atoms with Crippen LogP contribution in [0.1, 0.15) is 0 Å². The van der Waals surface area contributed by atoms with Crippen LogP contribution in [-0.4, -0.2) is 19.1 Å². The zero-order valence-corrected chi connectivity index (χ0v) is 28.2. The normalized spacial score (nSPS) is 11.9. The summed E-state index contributed by atoms with van der Waals surface area (Å²) in [4.78, 5) is 10.7. The molecule has 0 N–H and O–H groups in total. The highest BCUT2D eigenvalue weighted by Crippen LogP contribution is 2.41. The van der Waals surface area contributed by atoms with Gasteiger partial charge in [-0.2, -0.15) is 0 Å². The van der Waals surface area contributed by atoms with E-state index in [4.69, 9.17) is 9.97 Å². The van der Waals surface area contributed by atoms with E-state index in [1.807, 2.05) is 0 Å². The number of aromatic nitrogens is 4. The lowest BCUT2D eigenvalue weighted by atomic mass is 10.1. The molecule has 0 aliphatic rings. The van der Waals surface area contributed by atoms with Gasteiger partial charge in [0.15, 0.2) is 5.82 Å². The Bertz CT molecular complexity index is 3060. The lowest BCUT2D eigenvalue weighted by Gasteiger charge is -2.12. The van der Waals surface area contributed by atoms with Gasteiger partial charge in [0.2, 0.25) is 0 Å². The molecule has 0 saturated carbocycles. The zero-order valence-electron chi connectivity index (χ0n) is 27.4. The van der Waals surface area contributed by atoms with Crippen LogP contribution in [0.25, 0.3) is 97.9 Å². The molecule has 0 radical (unpaired) electrons. The molecule has 0 bridgehead atoms. The molecule has 11 aromatic rings. The minimum Gasteiger partial charge on any atom is -0.309 e. The largest absolute Gasteiger partial charge is 0.309 e. The van der Waals surface area contributed by atoms with Crippen molar-refractivity contribution in [3.05, 3.63) is 170 Å². The summed E-state index contributed by atoms with van der Waals surface area (Å²) in [5.41, 5.74) is 10.9. The Morgan fingerprint density at radius 3 is 1.39 bits per heavy atom. The molecule has 11 rings (SSSR count). The number of thiophene rings is 1. The third kappa shape index (κ3) is 4.25. The monoisotopic (exact) mass is 668 g/mol. The minimum atomic E-state index is 0.714. The van der Waals surface area contributed by atoms with Gasteiger partial charge in [-0.3, -0.25) is 0 Å². The van der Waals surface area contributed by atoms with E-state index in [9.17, 15) is 0 Å². The number of para-hydroxylation sites is 4. The molecule has 4 aromatic heterocycles. The topological polar surface area (TPSA) is 35.6 Å². The van der Waals surface area contributed by atoms with Gasteiger partial charge in [-0.1, -0.05) is 115 Å². The number of fused-ring (bicyclic) bond motifs is 9. The van der Waals surface area contributed by atoms with Crippen LogP contribution in [0.3, 0.4) is 0 Å². The van der Waals surface area contributed by atoms with Crippen LogP contribution in [0.4, 0.5) is 0 Å². The molecule has 5 heteroatoms. The van der Waals surface area contributed by atoms with Crippen LogP contribution >= 0.6 is 11.3 Å². The molecule has 0 spiro atoms. The Hall–Kier alpha value is -6.56. The van der Waals surface area contributed by atoms with Crippen LogP contribution in [0.15, 0.2) is 170 Å². The third-order valence-corrected chi connectivity index (χ3v) is 11.3. The highest BCUT2D eigenvalue weighted by atomic mass is 32.1. The molecular weight excluding hydrogens is 641 g/mol. The predicted molar refractivity (Wildman–Crippen MR) is 214 cm³/mol. The lowest BCUT2D eigenvalue weighted by molar-refractivity contribution is 1.17. The van der Waals surface area contributed by atoms with Crippen molar-refractivity contribution in [3.8, 4) is 34.0 Å². The SMILES string of the molecule is c1cc(-c2nc(-c3cccc(-n4c5ccccc5c5ccccc54)c3)c3sc4ccccc4c3n2)cc(-n2c3ccccc3c3ccccc32)c1. The molecule has 0 aliphatic heterocycles. The summed E-state index contributed by atoms with van der Waals surface area (Å²) < 4.78 is 7.02. The maximum atomic E-state index is 5.41. The van der Waals surface area contributed by atoms with Gasteiger partial charge in [0.25, 0.3) is 0 Å². The fraction of sp³-hybridized carbons (Fsp3) is 0. The van der Waals surface area contributed by atoms with Crippen molar-refractivity contribution in [2.75, 3.05) is 0 Å². The molecule has 0 unspecified atom stereocenters. The van der Waals surface area contributed by atoms with Gasteiger partial charge in [-0.25, -0.2) is 9.97 Å². The molecule has 4 heterocycles. The fourth-order valence-corrected chi connectivity index (χ4v) is 9.05. The van der Waals surface area contributed by atoms with E-state index in [1.54, 1.807) is 11.3 Å². The summed E-state index contributed by atoms with van der Waals surface area (Å²) >= 11 is 1.76. The summed E-state index contributed by atoms with van der Waals surface area (Å²) in [5, 5.41) is 6.13. The Morgan fingerprint density at radius 2 is 0.843 bits per heavy atom. The smallest absolute Gasteiger partial charge is 0.160 e. The van der Waals surface area contributed by atoms with E-state index in [0.717, 1.165) is 43.8 Å². The summed E-state index contributed by atoms with van der Waals surface area (Å²) in [6.07, 6.45) is 0. The highest BCUT2D eigenvalue weighted by Gasteiger charge is 2.19. The summed E-state index contributed by atoms with van der Waals surface area (Å²) in [6, 6.07) is 60.6. The third-order valence-electron chi connectivity index (χ3n) is 10.1. The van der Waals surface area contributed by atoms with E-state index in [2.05, 4.69) is 179 Å². The Labute approximate surface area is 297 Å². The average molecular weight is 669 g/mol. The molecule has 0 aliphatic carbocycles. The van der Waals surface area contributed by atoms with Gasteiger partial charge in [0.1, 0.15) is 0 Å². The number of nitrogens with zero attached hydrogens (tertiary/aromatic N) is 4. The molecule has 0 fully saturated rings. The van der Waals surface area contributed by atoms with Gasteiger partial charge in [0.05, 0.1) is 38.0 Å². The van der Waals surface area contributed by atoms with E-state index in [0.29, 0.717) is 5.82 Å². The summed E-state index contributed by atoms with van der Waals surface area (Å²) in [5.74, 6) is 0.714. The Balaban J connectivity index is 1.14. The Kier molecular flexibility index (Phi) is 6.09. The predicted octanol–water partition coefficient (Wildman–Crippen LogP) is 12.4. The molecule has 0 amide bonds. The average Bonchev–Trinajstić information content (AvgIpc) is 3.86. The first-order chi connectivity index (χ1) is 25.3. The molecule has 4 nitrogen and oxygen atoms in total. The first kappa shape index (κ1) is 28.3. The quantitative estimate of drug-likeness (QED) is 0.187. The van der Waals surface area contributed by atoms with Crippen LogP contribution in [0.2, 0.25) is 0 Å². The second-order valence-corrected chi connectivity index (χ2v) is 14.1. The van der Waals surface area contributed by atoms with Gasteiger partial charge in [0, 0.05) is 54.1 Å². The highest BCUT2D eigenvalue weighted by molar-refractivity contribution is 7.26. The summed E-state index contributed by atoms with van der Waals surface area (Å²) in [6.45, 7) is 0. The second kappa shape index (κ2) is 11.0. The molecule has 0 atom stereocenters. The van der Waals surface area contributed by atoms with E-state index >= 15 is 0 Å².